The standard InChI is InChI=1S/C15H18F3NO2/c1-10(19-14(20)9-13-3-2-8-21-13)11-4-6-12(7-5-11)15(16,17)18/h4-7,10,13H,2-3,8-9H2,1H3,(H,19,20)/t10-,13-/m1/s1. The number of halogens is 3. The average molecular weight is 301 g/mol. The molecule has 3 nitrogen and oxygen atoms in total. The van der Waals surface area contributed by atoms with E-state index in [2.05, 4.69) is 5.32 Å². The van der Waals surface area contributed by atoms with Gasteiger partial charge in [-0.2, -0.15) is 13.2 Å². The molecule has 1 fully saturated rings. The second kappa shape index (κ2) is 6.47. The van der Waals surface area contributed by atoms with Gasteiger partial charge in [-0.25, -0.2) is 0 Å². The molecule has 2 atom stereocenters. The first kappa shape index (κ1) is 15.8. The summed E-state index contributed by atoms with van der Waals surface area (Å²) >= 11 is 0. The Morgan fingerprint density at radius 2 is 2.05 bits per heavy atom. The molecule has 116 valence electrons. The molecule has 0 aliphatic carbocycles. The highest BCUT2D eigenvalue weighted by molar-refractivity contribution is 5.77. The van der Waals surface area contributed by atoms with E-state index >= 15 is 0 Å². The van der Waals surface area contributed by atoms with Crippen LogP contribution < -0.4 is 5.32 Å². The first-order valence-electron chi connectivity index (χ1n) is 6.94. The molecule has 1 N–H and O–H groups in total. The SMILES string of the molecule is C[C@@H](NC(=O)C[C@H]1CCCO1)c1ccc(C(F)(F)F)cc1. The molecule has 1 heterocycles. The minimum atomic E-state index is -4.34. The molecule has 1 aromatic rings. The van der Waals surface area contributed by atoms with E-state index in [0.29, 0.717) is 18.6 Å². The van der Waals surface area contributed by atoms with Gasteiger partial charge >= 0.3 is 6.18 Å². The Balaban J connectivity index is 1.90. The zero-order chi connectivity index (χ0) is 15.5. The van der Waals surface area contributed by atoms with Gasteiger partial charge in [0.05, 0.1) is 24.1 Å². The van der Waals surface area contributed by atoms with Crippen LogP contribution in [0.3, 0.4) is 0 Å². The van der Waals surface area contributed by atoms with E-state index in [0.717, 1.165) is 25.0 Å². The fourth-order valence-corrected chi connectivity index (χ4v) is 2.36. The number of amides is 1. The number of alkyl halides is 3. The number of hydrogen-bond acceptors (Lipinski definition) is 2. The second-order valence-electron chi connectivity index (χ2n) is 5.25. The number of hydrogen-bond donors (Lipinski definition) is 1. The van der Waals surface area contributed by atoms with Crippen molar-refractivity contribution in [3.05, 3.63) is 35.4 Å². The van der Waals surface area contributed by atoms with E-state index in [4.69, 9.17) is 4.74 Å². The van der Waals surface area contributed by atoms with Crippen molar-refractivity contribution in [1.29, 1.82) is 0 Å². The minimum absolute atomic E-state index is 0.0372. The monoisotopic (exact) mass is 301 g/mol. The Morgan fingerprint density at radius 1 is 1.38 bits per heavy atom. The van der Waals surface area contributed by atoms with Gasteiger partial charge in [-0.05, 0) is 37.5 Å². The zero-order valence-corrected chi connectivity index (χ0v) is 11.7. The van der Waals surface area contributed by atoms with Crippen LogP contribution in [0.2, 0.25) is 0 Å². The summed E-state index contributed by atoms with van der Waals surface area (Å²) < 4.78 is 42.8. The molecular weight excluding hydrogens is 283 g/mol. The summed E-state index contributed by atoms with van der Waals surface area (Å²) in [5.74, 6) is -0.144. The minimum Gasteiger partial charge on any atom is -0.378 e. The van der Waals surface area contributed by atoms with Crippen molar-refractivity contribution in [3.8, 4) is 0 Å². The maximum atomic E-state index is 12.5. The topological polar surface area (TPSA) is 38.3 Å². The lowest BCUT2D eigenvalue weighted by Crippen LogP contribution is -2.29. The fraction of sp³-hybridized carbons (Fsp3) is 0.533. The molecule has 1 aromatic carbocycles. The number of nitrogens with one attached hydrogen (secondary N) is 1. The summed E-state index contributed by atoms with van der Waals surface area (Å²) in [7, 11) is 0. The summed E-state index contributed by atoms with van der Waals surface area (Å²) in [6.07, 6.45) is -2.24. The number of rotatable bonds is 4. The summed E-state index contributed by atoms with van der Waals surface area (Å²) in [4.78, 5) is 11.8. The molecule has 6 heteroatoms. The normalized spacial score (nSPS) is 20.3. The smallest absolute Gasteiger partial charge is 0.378 e. The van der Waals surface area contributed by atoms with Crippen molar-refractivity contribution < 1.29 is 22.7 Å². The predicted molar refractivity (Wildman–Crippen MR) is 71.6 cm³/mol. The van der Waals surface area contributed by atoms with Gasteiger partial charge in [-0.3, -0.25) is 4.79 Å². The van der Waals surface area contributed by atoms with Gasteiger partial charge in [-0.15, -0.1) is 0 Å². The van der Waals surface area contributed by atoms with E-state index in [9.17, 15) is 18.0 Å². The van der Waals surface area contributed by atoms with Gasteiger partial charge in [0.1, 0.15) is 0 Å². The maximum Gasteiger partial charge on any atom is 0.416 e. The Bertz CT molecular complexity index is 479. The van der Waals surface area contributed by atoms with E-state index in [-0.39, 0.29) is 18.1 Å². The van der Waals surface area contributed by atoms with Crippen LogP contribution in [0.5, 0.6) is 0 Å². The van der Waals surface area contributed by atoms with Crippen LogP contribution in [0.15, 0.2) is 24.3 Å². The molecule has 21 heavy (non-hydrogen) atoms. The quantitative estimate of drug-likeness (QED) is 0.925. The highest BCUT2D eigenvalue weighted by atomic mass is 19.4. The molecule has 1 aliphatic rings. The molecule has 0 unspecified atom stereocenters. The Labute approximate surface area is 121 Å². The van der Waals surface area contributed by atoms with Crippen LogP contribution >= 0.6 is 0 Å². The summed E-state index contributed by atoms with van der Waals surface area (Å²) in [5.41, 5.74) is -0.0483. The van der Waals surface area contributed by atoms with Crippen molar-refractivity contribution in [2.24, 2.45) is 0 Å². The number of benzene rings is 1. The van der Waals surface area contributed by atoms with Gasteiger partial charge in [0.15, 0.2) is 0 Å². The summed E-state index contributed by atoms with van der Waals surface area (Å²) in [6, 6.07) is 4.50. The third kappa shape index (κ3) is 4.46. The van der Waals surface area contributed by atoms with E-state index in [1.807, 2.05) is 0 Å². The van der Waals surface area contributed by atoms with E-state index < -0.39 is 11.7 Å². The van der Waals surface area contributed by atoms with Crippen molar-refractivity contribution in [1.82, 2.24) is 5.32 Å². The molecule has 0 radical (unpaired) electrons. The Morgan fingerprint density at radius 3 is 2.57 bits per heavy atom. The zero-order valence-electron chi connectivity index (χ0n) is 11.7. The van der Waals surface area contributed by atoms with Crippen molar-refractivity contribution in [2.75, 3.05) is 6.61 Å². The lowest BCUT2D eigenvalue weighted by Gasteiger charge is -2.17. The third-order valence-electron chi connectivity index (χ3n) is 3.55. The van der Waals surface area contributed by atoms with Crippen molar-refractivity contribution in [3.63, 3.8) is 0 Å². The molecule has 1 aliphatic heterocycles. The van der Waals surface area contributed by atoms with Crippen LogP contribution in [0.25, 0.3) is 0 Å². The maximum absolute atomic E-state index is 12.5. The molecule has 0 aromatic heterocycles. The number of ether oxygens (including phenoxy) is 1. The summed E-state index contributed by atoms with van der Waals surface area (Å²) in [5, 5.41) is 2.78. The number of carbonyl (C=O) groups is 1. The molecule has 2 rings (SSSR count). The van der Waals surface area contributed by atoms with E-state index in [1.54, 1.807) is 6.92 Å². The van der Waals surface area contributed by atoms with Crippen LogP contribution in [0, 0.1) is 0 Å². The molecule has 0 bridgehead atoms. The van der Waals surface area contributed by atoms with Gasteiger partial charge in [0, 0.05) is 6.61 Å². The third-order valence-corrected chi connectivity index (χ3v) is 3.55. The summed E-state index contributed by atoms with van der Waals surface area (Å²) in [6.45, 7) is 2.43. The molecule has 0 spiro atoms. The molecule has 1 saturated heterocycles. The highest BCUT2D eigenvalue weighted by Gasteiger charge is 2.30. The first-order valence-corrected chi connectivity index (χ1v) is 6.94. The van der Waals surface area contributed by atoms with Gasteiger partial charge in [0.25, 0.3) is 0 Å². The number of carbonyl (C=O) groups excluding carboxylic acids is 1. The average Bonchev–Trinajstić information content (AvgIpc) is 2.90. The predicted octanol–water partition coefficient (Wildman–Crippen LogP) is 3.45. The largest absolute Gasteiger partial charge is 0.416 e. The van der Waals surface area contributed by atoms with Crippen molar-refractivity contribution >= 4 is 5.91 Å². The van der Waals surface area contributed by atoms with Gasteiger partial charge in [0.2, 0.25) is 5.91 Å². The lowest BCUT2D eigenvalue weighted by molar-refractivity contribution is -0.137. The molecular formula is C15H18F3NO2. The van der Waals surface area contributed by atoms with Crippen molar-refractivity contribution in [2.45, 2.75) is 44.5 Å². The highest BCUT2D eigenvalue weighted by Crippen LogP contribution is 2.29. The van der Waals surface area contributed by atoms with Crippen LogP contribution in [-0.4, -0.2) is 18.6 Å². The second-order valence-corrected chi connectivity index (χ2v) is 5.25. The fourth-order valence-electron chi connectivity index (χ4n) is 2.36. The van der Waals surface area contributed by atoms with Crippen LogP contribution in [0.1, 0.15) is 43.4 Å². The van der Waals surface area contributed by atoms with Crippen LogP contribution in [-0.2, 0) is 15.7 Å². The van der Waals surface area contributed by atoms with E-state index in [1.165, 1.54) is 12.1 Å². The first-order chi connectivity index (χ1) is 9.86. The van der Waals surface area contributed by atoms with Crippen LogP contribution in [0.4, 0.5) is 13.2 Å². The van der Waals surface area contributed by atoms with Gasteiger partial charge in [-0.1, -0.05) is 12.1 Å². The van der Waals surface area contributed by atoms with Gasteiger partial charge < -0.3 is 10.1 Å². The molecule has 1 amide bonds. The molecule has 0 saturated carbocycles. The Kier molecular flexibility index (Phi) is 4.88. The Hall–Kier alpha value is -1.56. The lowest BCUT2D eigenvalue weighted by atomic mass is 10.1.